The van der Waals surface area contributed by atoms with Crippen molar-refractivity contribution in [1.29, 1.82) is 0 Å². The molecular weight excluding hydrogens is 592 g/mol. The van der Waals surface area contributed by atoms with E-state index >= 15 is 0 Å². The van der Waals surface area contributed by atoms with Gasteiger partial charge in [0, 0.05) is 0 Å². The smallest absolute Gasteiger partial charge is 0.309 e. The summed E-state index contributed by atoms with van der Waals surface area (Å²) in [5.41, 5.74) is 3.45. The van der Waals surface area contributed by atoms with E-state index in [-0.39, 0.29) is 19.0 Å². The van der Waals surface area contributed by atoms with Gasteiger partial charge in [0.1, 0.15) is 30.0 Å². The Bertz CT molecular complexity index is 1460. The summed E-state index contributed by atoms with van der Waals surface area (Å²) in [6.07, 6.45) is -3.02. The second-order valence-corrected chi connectivity index (χ2v) is 12.8. The Morgan fingerprint density at radius 3 is 1.36 bits per heavy atom. The van der Waals surface area contributed by atoms with E-state index < -0.39 is 36.1 Å². The average molecular weight is 639 g/mol. The van der Waals surface area contributed by atoms with Gasteiger partial charge in [0.25, 0.3) is 0 Å². The zero-order valence-electron chi connectivity index (χ0n) is 27.5. The minimum atomic E-state index is -0.670. The molecular formula is C40H46O7. The van der Waals surface area contributed by atoms with Gasteiger partial charge in [-0.15, -0.1) is 0 Å². The molecule has 0 spiro atoms. The van der Waals surface area contributed by atoms with E-state index in [1.54, 1.807) is 0 Å². The Morgan fingerprint density at radius 2 is 0.936 bits per heavy atom. The predicted octanol–water partition coefficient (Wildman–Crippen LogP) is 7.46. The molecule has 1 saturated heterocycles. The maximum atomic E-state index is 13.3. The number of carbonyl (C=O) groups excluding carboxylic acids is 1. The van der Waals surface area contributed by atoms with Crippen molar-refractivity contribution in [2.24, 2.45) is 0 Å². The standard InChI is InChI=1S/C40H46O7/c1-40(2,3)47-36(41)24-34-37(43-26-31-18-10-5-11-19-31)39(45-28-33-22-14-7-15-23-33)38(44-27-32-20-12-6-13-21-32)35(46-34)29-42-25-30-16-8-4-9-17-30/h4-23,34-35,37-39H,24-29H2,1-3H3/t34-,35+,37+,38+,39+/m0/s1. The zero-order chi connectivity index (χ0) is 32.9. The summed E-state index contributed by atoms with van der Waals surface area (Å²) in [4.78, 5) is 13.3. The topological polar surface area (TPSA) is 72.5 Å². The van der Waals surface area contributed by atoms with Crippen LogP contribution < -0.4 is 0 Å². The number of esters is 1. The highest BCUT2D eigenvalue weighted by Gasteiger charge is 2.49. The van der Waals surface area contributed by atoms with Crippen LogP contribution in [0.5, 0.6) is 0 Å². The van der Waals surface area contributed by atoms with Crippen LogP contribution >= 0.6 is 0 Å². The lowest BCUT2D eigenvalue weighted by atomic mass is 9.92. The molecule has 1 fully saturated rings. The summed E-state index contributed by atoms with van der Waals surface area (Å²) in [6.45, 7) is 7.20. The molecule has 7 nitrogen and oxygen atoms in total. The van der Waals surface area contributed by atoms with Gasteiger partial charge in [-0.3, -0.25) is 4.79 Å². The second kappa shape index (κ2) is 17.3. The van der Waals surface area contributed by atoms with Crippen LogP contribution in [-0.4, -0.2) is 48.7 Å². The molecule has 1 heterocycles. The highest BCUT2D eigenvalue weighted by atomic mass is 16.6. The molecule has 47 heavy (non-hydrogen) atoms. The lowest BCUT2D eigenvalue weighted by Gasteiger charge is -2.46. The first-order valence-corrected chi connectivity index (χ1v) is 16.3. The number of benzene rings is 4. The molecule has 1 aliphatic heterocycles. The van der Waals surface area contributed by atoms with Crippen LogP contribution in [0.4, 0.5) is 0 Å². The Labute approximate surface area is 278 Å². The minimum absolute atomic E-state index is 0.0114. The van der Waals surface area contributed by atoms with Gasteiger partial charge in [-0.05, 0) is 43.0 Å². The van der Waals surface area contributed by atoms with E-state index in [0.717, 1.165) is 22.3 Å². The Kier molecular flexibility index (Phi) is 12.7. The van der Waals surface area contributed by atoms with Gasteiger partial charge in [-0.25, -0.2) is 0 Å². The Hall–Kier alpha value is -3.85. The van der Waals surface area contributed by atoms with Crippen LogP contribution in [0.25, 0.3) is 0 Å². The number of hydrogen-bond donors (Lipinski definition) is 0. The monoisotopic (exact) mass is 638 g/mol. The normalized spacial score (nSPS) is 21.3. The highest BCUT2D eigenvalue weighted by molar-refractivity contribution is 5.70. The molecule has 0 aliphatic carbocycles. The van der Waals surface area contributed by atoms with E-state index in [1.807, 2.05) is 142 Å². The van der Waals surface area contributed by atoms with Crippen molar-refractivity contribution in [2.75, 3.05) is 6.61 Å². The fourth-order valence-corrected chi connectivity index (χ4v) is 5.60. The average Bonchev–Trinajstić information content (AvgIpc) is 3.07. The third-order valence-corrected chi connectivity index (χ3v) is 7.77. The van der Waals surface area contributed by atoms with Gasteiger partial charge in [0.2, 0.25) is 0 Å². The van der Waals surface area contributed by atoms with E-state index in [1.165, 1.54) is 0 Å². The quantitative estimate of drug-likeness (QED) is 0.125. The molecule has 0 N–H and O–H groups in total. The molecule has 4 aromatic carbocycles. The third kappa shape index (κ3) is 11.1. The van der Waals surface area contributed by atoms with E-state index in [0.29, 0.717) is 26.4 Å². The van der Waals surface area contributed by atoms with Gasteiger partial charge in [0.15, 0.2) is 0 Å². The van der Waals surface area contributed by atoms with Crippen molar-refractivity contribution < 1.29 is 33.2 Å². The molecule has 5 rings (SSSR count). The molecule has 0 radical (unpaired) electrons. The number of carbonyl (C=O) groups is 1. The summed E-state index contributed by atoms with van der Waals surface area (Å²) < 4.78 is 38.8. The van der Waals surface area contributed by atoms with Crippen molar-refractivity contribution in [1.82, 2.24) is 0 Å². The van der Waals surface area contributed by atoms with Crippen molar-refractivity contribution in [3.63, 3.8) is 0 Å². The molecule has 7 heteroatoms. The summed E-state index contributed by atoms with van der Waals surface area (Å²) >= 11 is 0. The molecule has 0 saturated carbocycles. The van der Waals surface area contributed by atoms with Gasteiger partial charge in [-0.1, -0.05) is 121 Å². The lowest BCUT2D eigenvalue weighted by molar-refractivity contribution is -0.273. The van der Waals surface area contributed by atoms with Crippen LogP contribution in [0.3, 0.4) is 0 Å². The van der Waals surface area contributed by atoms with E-state index in [2.05, 4.69) is 0 Å². The van der Waals surface area contributed by atoms with Gasteiger partial charge in [0.05, 0.1) is 45.6 Å². The first kappa shape index (κ1) is 34.5. The SMILES string of the molecule is CC(C)(C)OC(=O)C[C@@H]1O[C@H](COCc2ccccc2)[C@@H](OCc2ccccc2)[C@H](OCc2ccccc2)[C@@H]1OCc1ccccc1. The third-order valence-electron chi connectivity index (χ3n) is 7.77. The van der Waals surface area contributed by atoms with Crippen molar-refractivity contribution >= 4 is 5.97 Å². The first-order chi connectivity index (χ1) is 22.8. The summed E-state index contributed by atoms with van der Waals surface area (Å²) in [6, 6.07) is 40.0. The summed E-state index contributed by atoms with van der Waals surface area (Å²) in [7, 11) is 0. The second-order valence-electron chi connectivity index (χ2n) is 12.8. The molecule has 5 atom stereocenters. The van der Waals surface area contributed by atoms with Crippen LogP contribution in [0, 0.1) is 0 Å². The van der Waals surface area contributed by atoms with Gasteiger partial charge >= 0.3 is 5.97 Å². The Balaban J connectivity index is 1.45. The summed E-state index contributed by atoms with van der Waals surface area (Å²) in [5.74, 6) is -0.370. The van der Waals surface area contributed by atoms with Crippen molar-refractivity contribution in [2.45, 2.75) is 89.7 Å². The van der Waals surface area contributed by atoms with Gasteiger partial charge in [-0.2, -0.15) is 0 Å². The molecule has 248 valence electrons. The van der Waals surface area contributed by atoms with Crippen LogP contribution in [0.2, 0.25) is 0 Å². The fraction of sp³-hybridized carbons (Fsp3) is 0.375. The summed E-state index contributed by atoms with van der Waals surface area (Å²) in [5, 5.41) is 0. The van der Waals surface area contributed by atoms with E-state index in [9.17, 15) is 4.79 Å². The van der Waals surface area contributed by atoms with Gasteiger partial charge < -0.3 is 28.4 Å². The molecule has 0 amide bonds. The van der Waals surface area contributed by atoms with Crippen LogP contribution in [0.15, 0.2) is 121 Å². The zero-order valence-corrected chi connectivity index (χ0v) is 27.5. The molecule has 0 unspecified atom stereocenters. The Morgan fingerprint density at radius 1 is 0.553 bits per heavy atom. The number of rotatable bonds is 15. The van der Waals surface area contributed by atoms with Crippen LogP contribution in [0.1, 0.15) is 49.4 Å². The van der Waals surface area contributed by atoms with Crippen molar-refractivity contribution in [3.05, 3.63) is 144 Å². The van der Waals surface area contributed by atoms with Crippen molar-refractivity contribution in [3.8, 4) is 0 Å². The highest BCUT2D eigenvalue weighted by Crippen LogP contribution is 2.33. The maximum absolute atomic E-state index is 13.3. The number of hydrogen-bond acceptors (Lipinski definition) is 7. The minimum Gasteiger partial charge on any atom is -0.460 e. The fourth-order valence-electron chi connectivity index (χ4n) is 5.60. The number of ether oxygens (including phenoxy) is 6. The largest absolute Gasteiger partial charge is 0.460 e. The molecule has 1 aliphatic rings. The first-order valence-electron chi connectivity index (χ1n) is 16.3. The molecule has 4 aromatic rings. The van der Waals surface area contributed by atoms with E-state index in [4.69, 9.17) is 28.4 Å². The lowest BCUT2D eigenvalue weighted by Crippen LogP contribution is -2.61. The molecule has 0 bridgehead atoms. The maximum Gasteiger partial charge on any atom is 0.309 e. The predicted molar refractivity (Wildman–Crippen MR) is 180 cm³/mol. The molecule has 0 aromatic heterocycles. The van der Waals surface area contributed by atoms with Crippen LogP contribution in [-0.2, 0) is 59.6 Å².